The van der Waals surface area contributed by atoms with Crippen LogP contribution in [0.3, 0.4) is 0 Å². The summed E-state index contributed by atoms with van der Waals surface area (Å²) < 4.78 is 0. The van der Waals surface area contributed by atoms with Crippen LogP contribution >= 0.6 is 0 Å². The normalized spacial score (nSPS) is 25.4. The maximum atomic E-state index is 3.85. The van der Waals surface area contributed by atoms with E-state index in [1.165, 1.54) is 45.2 Å². The Morgan fingerprint density at radius 3 is 2.91 bits per heavy atom. The highest BCUT2D eigenvalue weighted by molar-refractivity contribution is 4.68. The summed E-state index contributed by atoms with van der Waals surface area (Å²) in [7, 11) is 0. The average molecular weight is 154 g/mol. The fourth-order valence-electron chi connectivity index (χ4n) is 1.78. The molecule has 1 fully saturated rings. The van der Waals surface area contributed by atoms with Crippen LogP contribution in [-0.2, 0) is 0 Å². The van der Waals surface area contributed by atoms with Crippen LogP contribution in [0.1, 0.15) is 38.5 Å². The molecule has 0 bridgehead atoms. The quantitative estimate of drug-likeness (QED) is 0.613. The summed E-state index contributed by atoms with van der Waals surface area (Å²) in [5.41, 5.74) is 0. The van der Waals surface area contributed by atoms with Crippen LogP contribution in [-0.4, -0.2) is 13.1 Å². The molecule has 0 saturated carbocycles. The summed E-state index contributed by atoms with van der Waals surface area (Å²) in [5, 5.41) is 3.45. The van der Waals surface area contributed by atoms with E-state index in [1.807, 2.05) is 0 Å². The largest absolute Gasteiger partial charge is 0.316 e. The van der Waals surface area contributed by atoms with E-state index in [1.54, 1.807) is 0 Å². The van der Waals surface area contributed by atoms with Crippen molar-refractivity contribution in [1.82, 2.24) is 5.32 Å². The zero-order valence-electron chi connectivity index (χ0n) is 7.44. The Morgan fingerprint density at radius 2 is 2.27 bits per heavy atom. The lowest BCUT2D eigenvalue weighted by molar-refractivity contribution is 0.348. The SMILES string of the molecule is [CH2]CCCCC1CCCNC1. The molecule has 1 aliphatic heterocycles. The van der Waals surface area contributed by atoms with Gasteiger partial charge in [0.1, 0.15) is 0 Å². The summed E-state index contributed by atoms with van der Waals surface area (Å²) in [5.74, 6) is 0.968. The predicted molar refractivity (Wildman–Crippen MR) is 49.4 cm³/mol. The molecule has 11 heavy (non-hydrogen) atoms. The van der Waals surface area contributed by atoms with Gasteiger partial charge in [0, 0.05) is 0 Å². The molecule has 1 nitrogen and oxygen atoms in total. The number of unbranched alkanes of at least 4 members (excludes halogenated alkanes) is 2. The zero-order valence-corrected chi connectivity index (χ0v) is 7.44. The summed E-state index contributed by atoms with van der Waals surface area (Å²) in [6.45, 7) is 6.36. The van der Waals surface area contributed by atoms with Crippen molar-refractivity contribution >= 4 is 0 Å². The first-order chi connectivity index (χ1) is 5.43. The minimum absolute atomic E-state index is 0.968. The topological polar surface area (TPSA) is 12.0 Å². The maximum Gasteiger partial charge on any atom is -0.00205 e. The fourth-order valence-corrected chi connectivity index (χ4v) is 1.78. The van der Waals surface area contributed by atoms with Crippen LogP contribution in [0.4, 0.5) is 0 Å². The molecular formula is C10H20N. The Kier molecular flexibility index (Phi) is 4.60. The van der Waals surface area contributed by atoms with Crippen LogP contribution in [0.5, 0.6) is 0 Å². The van der Waals surface area contributed by atoms with Crippen molar-refractivity contribution in [3.63, 3.8) is 0 Å². The van der Waals surface area contributed by atoms with Crippen molar-refractivity contribution < 1.29 is 0 Å². The van der Waals surface area contributed by atoms with E-state index in [-0.39, 0.29) is 0 Å². The van der Waals surface area contributed by atoms with Crippen molar-refractivity contribution in [1.29, 1.82) is 0 Å². The molecule has 1 aliphatic rings. The monoisotopic (exact) mass is 154 g/mol. The fraction of sp³-hybridized carbons (Fsp3) is 0.900. The molecule has 0 aromatic heterocycles. The molecule has 65 valence electrons. The van der Waals surface area contributed by atoms with Crippen molar-refractivity contribution in [2.45, 2.75) is 38.5 Å². The molecule has 0 aromatic carbocycles. The molecule has 0 amide bonds. The van der Waals surface area contributed by atoms with Crippen molar-refractivity contribution in [3.8, 4) is 0 Å². The molecule has 1 heteroatoms. The Labute approximate surface area is 70.6 Å². The maximum absolute atomic E-state index is 3.85. The highest BCUT2D eigenvalue weighted by atomic mass is 14.9. The Hall–Kier alpha value is -0.0400. The minimum atomic E-state index is 0.968. The molecule has 1 atom stereocenters. The summed E-state index contributed by atoms with van der Waals surface area (Å²) in [6, 6.07) is 0. The van der Waals surface area contributed by atoms with Crippen LogP contribution < -0.4 is 5.32 Å². The first-order valence-corrected chi connectivity index (χ1v) is 4.93. The molecule has 1 N–H and O–H groups in total. The van der Waals surface area contributed by atoms with Gasteiger partial charge >= 0.3 is 0 Å². The Bertz CT molecular complexity index is 84.9. The molecule has 1 rings (SSSR count). The third-order valence-electron chi connectivity index (χ3n) is 2.51. The highest BCUT2D eigenvalue weighted by Gasteiger charge is 2.11. The first kappa shape index (κ1) is 9.05. The van der Waals surface area contributed by atoms with E-state index < -0.39 is 0 Å². The van der Waals surface area contributed by atoms with Crippen LogP contribution in [0.25, 0.3) is 0 Å². The molecule has 1 saturated heterocycles. The lowest BCUT2D eigenvalue weighted by atomic mass is 9.94. The van der Waals surface area contributed by atoms with Gasteiger partial charge < -0.3 is 5.32 Å². The van der Waals surface area contributed by atoms with E-state index in [9.17, 15) is 0 Å². The van der Waals surface area contributed by atoms with E-state index >= 15 is 0 Å². The molecule has 1 heterocycles. The summed E-state index contributed by atoms with van der Waals surface area (Å²) >= 11 is 0. The Morgan fingerprint density at radius 1 is 1.36 bits per heavy atom. The lowest BCUT2D eigenvalue weighted by Gasteiger charge is -2.22. The van der Waals surface area contributed by atoms with Gasteiger partial charge in [-0.15, -0.1) is 0 Å². The van der Waals surface area contributed by atoms with Crippen LogP contribution in [0, 0.1) is 12.8 Å². The predicted octanol–water partition coefficient (Wildman–Crippen LogP) is 2.38. The van der Waals surface area contributed by atoms with Crippen molar-refractivity contribution in [3.05, 3.63) is 6.92 Å². The van der Waals surface area contributed by atoms with Crippen molar-refractivity contribution in [2.24, 2.45) is 5.92 Å². The molecule has 0 spiro atoms. The zero-order chi connectivity index (χ0) is 7.94. The van der Waals surface area contributed by atoms with E-state index in [4.69, 9.17) is 0 Å². The molecule has 0 aliphatic carbocycles. The Balaban J connectivity index is 1.96. The number of hydrogen-bond donors (Lipinski definition) is 1. The number of rotatable bonds is 4. The van der Waals surface area contributed by atoms with Gasteiger partial charge in [-0.3, -0.25) is 0 Å². The summed E-state index contributed by atoms with van der Waals surface area (Å²) in [4.78, 5) is 0. The third-order valence-corrected chi connectivity index (χ3v) is 2.51. The minimum Gasteiger partial charge on any atom is -0.316 e. The van der Waals surface area contributed by atoms with Gasteiger partial charge in [0.15, 0.2) is 0 Å². The number of piperidine rings is 1. The van der Waals surface area contributed by atoms with E-state index in [2.05, 4.69) is 12.2 Å². The van der Waals surface area contributed by atoms with E-state index in [0.717, 1.165) is 12.3 Å². The molecular weight excluding hydrogens is 134 g/mol. The van der Waals surface area contributed by atoms with Gasteiger partial charge in [0.25, 0.3) is 0 Å². The second-order valence-electron chi connectivity index (χ2n) is 3.56. The second kappa shape index (κ2) is 5.59. The smallest absolute Gasteiger partial charge is 0.00205 e. The van der Waals surface area contributed by atoms with E-state index in [0.29, 0.717) is 0 Å². The third kappa shape index (κ3) is 3.76. The second-order valence-corrected chi connectivity index (χ2v) is 3.56. The number of hydrogen-bond acceptors (Lipinski definition) is 1. The summed E-state index contributed by atoms with van der Waals surface area (Å²) in [6.07, 6.45) is 8.06. The van der Waals surface area contributed by atoms with Crippen LogP contribution in [0.2, 0.25) is 0 Å². The average Bonchev–Trinajstić information content (AvgIpc) is 2.07. The van der Waals surface area contributed by atoms with Crippen molar-refractivity contribution in [2.75, 3.05) is 13.1 Å². The van der Waals surface area contributed by atoms with Crippen LogP contribution in [0.15, 0.2) is 0 Å². The van der Waals surface area contributed by atoms with Gasteiger partial charge in [-0.25, -0.2) is 0 Å². The van der Waals surface area contributed by atoms with Gasteiger partial charge in [-0.2, -0.15) is 0 Å². The molecule has 1 radical (unpaired) electrons. The number of nitrogens with one attached hydrogen (secondary N) is 1. The highest BCUT2D eigenvalue weighted by Crippen LogP contribution is 2.16. The van der Waals surface area contributed by atoms with Gasteiger partial charge in [0.2, 0.25) is 0 Å². The van der Waals surface area contributed by atoms with Gasteiger partial charge in [0.05, 0.1) is 0 Å². The van der Waals surface area contributed by atoms with Gasteiger partial charge in [-0.1, -0.05) is 26.2 Å². The standard InChI is InChI=1S/C10H20N/c1-2-3-4-6-10-7-5-8-11-9-10/h10-11H,1-9H2. The van der Waals surface area contributed by atoms with Gasteiger partial charge in [-0.05, 0) is 38.3 Å². The first-order valence-electron chi connectivity index (χ1n) is 4.93. The lowest BCUT2D eigenvalue weighted by Crippen LogP contribution is -2.29. The molecule has 1 unspecified atom stereocenters. The molecule has 0 aromatic rings.